The van der Waals surface area contributed by atoms with Crippen molar-refractivity contribution in [2.24, 2.45) is 5.73 Å². The molecule has 1 aromatic carbocycles. The molecule has 4 heteroatoms. The standard InChI is InChI=1S/C13H19FN2O/c14-13-3-2-11(12(8-13)9-15)10-16-4-1-6-17-7-5-16/h2-3,8H,1,4-7,9-10,15H2. The Labute approximate surface area is 101 Å². The van der Waals surface area contributed by atoms with E-state index in [1.54, 1.807) is 0 Å². The molecule has 0 aromatic heterocycles. The molecule has 0 atom stereocenters. The predicted molar refractivity (Wildman–Crippen MR) is 65.0 cm³/mol. The van der Waals surface area contributed by atoms with Crippen LogP contribution < -0.4 is 5.73 Å². The minimum Gasteiger partial charge on any atom is -0.380 e. The van der Waals surface area contributed by atoms with Gasteiger partial charge < -0.3 is 10.5 Å². The molecular weight excluding hydrogens is 219 g/mol. The van der Waals surface area contributed by atoms with E-state index in [9.17, 15) is 4.39 Å². The largest absolute Gasteiger partial charge is 0.380 e. The van der Waals surface area contributed by atoms with E-state index in [0.29, 0.717) is 6.54 Å². The molecule has 0 unspecified atom stereocenters. The molecular formula is C13H19FN2O. The van der Waals surface area contributed by atoms with Crippen molar-refractivity contribution in [3.05, 3.63) is 35.1 Å². The van der Waals surface area contributed by atoms with Crippen LogP contribution in [0.5, 0.6) is 0 Å². The molecule has 1 aromatic rings. The fourth-order valence-electron chi connectivity index (χ4n) is 2.14. The minimum atomic E-state index is -0.214. The molecule has 1 aliphatic heterocycles. The van der Waals surface area contributed by atoms with Crippen molar-refractivity contribution in [2.45, 2.75) is 19.5 Å². The summed E-state index contributed by atoms with van der Waals surface area (Å²) in [5.41, 5.74) is 7.67. The molecule has 1 fully saturated rings. The molecule has 0 radical (unpaired) electrons. The number of ether oxygens (including phenoxy) is 1. The molecule has 0 saturated carbocycles. The Bertz CT molecular complexity index is 362. The van der Waals surface area contributed by atoms with Gasteiger partial charge in [0.15, 0.2) is 0 Å². The number of nitrogens with zero attached hydrogens (tertiary/aromatic N) is 1. The summed E-state index contributed by atoms with van der Waals surface area (Å²) in [5, 5.41) is 0. The number of rotatable bonds is 3. The highest BCUT2D eigenvalue weighted by Gasteiger charge is 2.11. The molecule has 1 aliphatic rings. The highest BCUT2D eigenvalue weighted by molar-refractivity contribution is 5.27. The first kappa shape index (κ1) is 12.5. The average Bonchev–Trinajstić information content (AvgIpc) is 2.60. The van der Waals surface area contributed by atoms with Gasteiger partial charge in [-0.3, -0.25) is 4.90 Å². The summed E-state index contributed by atoms with van der Waals surface area (Å²) in [6, 6.07) is 4.87. The van der Waals surface area contributed by atoms with Crippen LogP contribution in [0.1, 0.15) is 17.5 Å². The smallest absolute Gasteiger partial charge is 0.123 e. The first-order valence-corrected chi connectivity index (χ1v) is 6.07. The Morgan fingerprint density at radius 3 is 2.94 bits per heavy atom. The summed E-state index contributed by atoms with van der Waals surface area (Å²) in [4.78, 5) is 2.33. The van der Waals surface area contributed by atoms with Crippen molar-refractivity contribution < 1.29 is 9.13 Å². The van der Waals surface area contributed by atoms with Crippen LogP contribution in [0.3, 0.4) is 0 Å². The van der Waals surface area contributed by atoms with Crippen LogP contribution in [0.4, 0.5) is 4.39 Å². The molecule has 2 rings (SSSR count). The third-order valence-corrected chi connectivity index (χ3v) is 3.10. The highest BCUT2D eigenvalue weighted by Crippen LogP contribution is 2.14. The Hall–Kier alpha value is -0.970. The van der Waals surface area contributed by atoms with E-state index < -0.39 is 0 Å². The van der Waals surface area contributed by atoms with Gasteiger partial charge in [-0.25, -0.2) is 4.39 Å². The Kier molecular flexibility index (Phi) is 4.48. The van der Waals surface area contributed by atoms with Gasteiger partial charge in [-0.2, -0.15) is 0 Å². The topological polar surface area (TPSA) is 38.5 Å². The second-order valence-electron chi connectivity index (χ2n) is 4.36. The van der Waals surface area contributed by atoms with Crippen molar-refractivity contribution in [1.82, 2.24) is 4.90 Å². The van der Waals surface area contributed by atoms with Gasteiger partial charge in [0.2, 0.25) is 0 Å². The van der Waals surface area contributed by atoms with Gasteiger partial charge in [-0.05, 0) is 29.7 Å². The maximum atomic E-state index is 13.1. The zero-order valence-electron chi connectivity index (χ0n) is 9.99. The Balaban J connectivity index is 2.06. The monoisotopic (exact) mass is 238 g/mol. The Morgan fingerprint density at radius 2 is 2.12 bits per heavy atom. The number of hydrogen-bond donors (Lipinski definition) is 1. The molecule has 1 heterocycles. The van der Waals surface area contributed by atoms with Gasteiger partial charge in [-0.15, -0.1) is 0 Å². The zero-order chi connectivity index (χ0) is 12.1. The van der Waals surface area contributed by atoms with E-state index in [-0.39, 0.29) is 5.82 Å². The van der Waals surface area contributed by atoms with Crippen LogP contribution in [0.2, 0.25) is 0 Å². The van der Waals surface area contributed by atoms with Gasteiger partial charge in [0.05, 0.1) is 6.61 Å². The molecule has 94 valence electrons. The fraction of sp³-hybridized carbons (Fsp3) is 0.538. The van der Waals surface area contributed by atoms with Crippen molar-refractivity contribution in [3.63, 3.8) is 0 Å². The lowest BCUT2D eigenvalue weighted by molar-refractivity contribution is 0.140. The van der Waals surface area contributed by atoms with E-state index in [0.717, 1.165) is 50.4 Å². The van der Waals surface area contributed by atoms with E-state index in [4.69, 9.17) is 10.5 Å². The number of hydrogen-bond acceptors (Lipinski definition) is 3. The minimum absolute atomic E-state index is 0.214. The lowest BCUT2D eigenvalue weighted by Crippen LogP contribution is -2.26. The van der Waals surface area contributed by atoms with Crippen molar-refractivity contribution in [3.8, 4) is 0 Å². The van der Waals surface area contributed by atoms with Crippen molar-refractivity contribution in [2.75, 3.05) is 26.3 Å². The number of benzene rings is 1. The maximum absolute atomic E-state index is 13.1. The second kappa shape index (κ2) is 6.10. The number of halogens is 1. The van der Waals surface area contributed by atoms with Gasteiger partial charge in [-0.1, -0.05) is 6.07 Å². The lowest BCUT2D eigenvalue weighted by Gasteiger charge is -2.20. The quantitative estimate of drug-likeness (QED) is 0.867. The van der Waals surface area contributed by atoms with E-state index in [2.05, 4.69) is 4.90 Å². The third-order valence-electron chi connectivity index (χ3n) is 3.10. The fourth-order valence-corrected chi connectivity index (χ4v) is 2.14. The molecule has 17 heavy (non-hydrogen) atoms. The molecule has 0 spiro atoms. The van der Waals surface area contributed by atoms with Gasteiger partial charge in [0.1, 0.15) is 5.82 Å². The van der Waals surface area contributed by atoms with Crippen molar-refractivity contribution >= 4 is 0 Å². The molecule has 2 N–H and O–H groups in total. The van der Waals surface area contributed by atoms with E-state index in [1.165, 1.54) is 12.1 Å². The van der Waals surface area contributed by atoms with Gasteiger partial charge in [0, 0.05) is 32.8 Å². The summed E-state index contributed by atoms with van der Waals surface area (Å²) in [6.07, 6.45) is 1.05. The van der Waals surface area contributed by atoms with E-state index >= 15 is 0 Å². The molecule has 0 aliphatic carbocycles. The Morgan fingerprint density at radius 1 is 1.24 bits per heavy atom. The number of nitrogens with two attached hydrogens (primary N) is 1. The van der Waals surface area contributed by atoms with Gasteiger partial charge in [0.25, 0.3) is 0 Å². The van der Waals surface area contributed by atoms with Crippen LogP contribution in [-0.2, 0) is 17.8 Å². The second-order valence-corrected chi connectivity index (χ2v) is 4.36. The first-order chi connectivity index (χ1) is 8.29. The zero-order valence-corrected chi connectivity index (χ0v) is 9.99. The summed E-state index contributed by atoms with van der Waals surface area (Å²) in [7, 11) is 0. The van der Waals surface area contributed by atoms with E-state index in [1.807, 2.05) is 6.07 Å². The normalized spacial score (nSPS) is 18.0. The molecule has 3 nitrogen and oxygen atoms in total. The highest BCUT2D eigenvalue weighted by atomic mass is 19.1. The summed E-state index contributed by atoms with van der Waals surface area (Å²) in [5.74, 6) is -0.214. The first-order valence-electron chi connectivity index (χ1n) is 6.07. The van der Waals surface area contributed by atoms with Crippen LogP contribution in [0.15, 0.2) is 18.2 Å². The van der Waals surface area contributed by atoms with Gasteiger partial charge >= 0.3 is 0 Å². The van der Waals surface area contributed by atoms with Crippen LogP contribution in [0.25, 0.3) is 0 Å². The van der Waals surface area contributed by atoms with Crippen LogP contribution in [0, 0.1) is 5.82 Å². The maximum Gasteiger partial charge on any atom is 0.123 e. The predicted octanol–water partition coefficient (Wildman–Crippen LogP) is 1.51. The third kappa shape index (κ3) is 3.49. The van der Waals surface area contributed by atoms with Crippen molar-refractivity contribution in [1.29, 1.82) is 0 Å². The summed E-state index contributed by atoms with van der Waals surface area (Å²) < 4.78 is 18.5. The summed E-state index contributed by atoms with van der Waals surface area (Å²) in [6.45, 7) is 4.79. The lowest BCUT2D eigenvalue weighted by atomic mass is 10.1. The molecule has 1 saturated heterocycles. The molecule has 0 amide bonds. The van der Waals surface area contributed by atoms with Crippen LogP contribution >= 0.6 is 0 Å². The average molecular weight is 238 g/mol. The molecule has 0 bridgehead atoms. The van der Waals surface area contributed by atoms with Crippen LogP contribution in [-0.4, -0.2) is 31.2 Å². The summed E-state index contributed by atoms with van der Waals surface area (Å²) >= 11 is 0. The SMILES string of the molecule is NCc1cc(F)ccc1CN1CCCOCC1.